The molecule has 1 aromatic carbocycles. The van der Waals surface area contributed by atoms with Crippen LogP contribution in [-0.2, 0) is 16.0 Å². The molecule has 1 aromatic rings. The van der Waals surface area contributed by atoms with Crippen LogP contribution in [0.15, 0.2) is 24.3 Å². The van der Waals surface area contributed by atoms with Crippen LogP contribution in [0.3, 0.4) is 0 Å². The standard InChI is InChI=1S/C20H27N3O2/c1-21(20(25)16-8-9-16)17-6-4-11-22(13-17)14-19(24)23-12-10-15-5-2-3-7-18(15)23/h2-3,5,7,16-17H,4,6,8-14H2,1H3. The van der Waals surface area contributed by atoms with Gasteiger partial charge in [0, 0.05) is 37.8 Å². The van der Waals surface area contributed by atoms with Crippen molar-refractivity contribution in [2.45, 2.75) is 38.1 Å². The van der Waals surface area contributed by atoms with E-state index in [2.05, 4.69) is 11.0 Å². The third kappa shape index (κ3) is 3.43. The number of hydrogen-bond donors (Lipinski definition) is 0. The Morgan fingerprint density at radius 2 is 1.96 bits per heavy atom. The van der Waals surface area contributed by atoms with Crippen LogP contribution in [0.25, 0.3) is 0 Å². The third-order valence-corrected chi connectivity index (χ3v) is 5.85. The van der Waals surface area contributed by atoms with Gasteiger partial charge in [0.2, 0.25) is 11.8 Å². The van der Waals surface area contributed by atoms with Gasteiger partial charge in [0.25, 0.3) is 0 Å². The van der Waals surface area contributed by atoms with E-state index in [4.69, 9.17) is 0 Å². The highest BCUT2D eigenvalue weighted by Crippen LogP contribution is 2.32. The van der Waals surface area contributed by atoms with Crippen LogP contribution in [0.2, 0.25) is 0 Å². The summed E-state index contributed by atoms with van der Waals surface area (Å²) < 4.78 is 0. The number of piperidine rings is 1. The van der Waals surface area contributed by atoms with Crippen LogP contribution in [0.1, 0.15) is 31.2 Å². The molecule has 1 aliphatic carbocycles. The molecule has 4 rings (SSSR count). The number of hydrogen-bond acceptors (Lipinski definition) is 3. The fourth-order valence-corrected chi connectivity index (χ4v) is 4.16. The Labute approximate surface area is 149 Å². The highest BCUT2D eigenvalue weighted by atomic mass is 16.2. The summed E-state index contributed by atoms with van der Waals surface area (Å²) in [6, 6.07) is 8.44. The Morgan fingerprint density at radius 3 is 2.76 bits per heavy atom. The van der Waals surface area contributed by atoms with Crippen molar-refractivity contribution in [2.24, 2.45) is 5.92 Å². The molecule has 1 saturated heterocycles. The topological polar surface area (TPSA) is 43.9 Å². The largest absolute Gasteiger partial charge is 0.341 e. The predicted octanol–water partition coefficient (Wildman–Crippen LogP) is 1.91. The minimum atomic E-state index is 0.182. The molecule has 1 atom stereocenters. The maximum Gasteiger partial charge on any atom is 0.241 e. The van der Waals surface area contributed by atoms with E-state index in [-0.39, 0.29) is 17.9 Å². The van der Waals surface area contributed by atoms with Gasteiger partial charge in [-0.1, -0.05) is 18.2 Å². The summed E-state index contributed by atoms with van der Waals surface area (Å²) in [5, 5.41) is 0. The molecule has 2 heterocycles. The Morgan fingerprint density at radius 1 is 1.16 bits per heavy atom. The average molecular weight is 341 g/mol. The van der Waals surface area contributed by atoms with Crippen LogP contribution >= 0.6 is 0 Å². The molecule has 0 radical (unpaired) electrons. The number of likely N-dealkylation sites (N-methyl/N-ethyl adjacent to an activating group) is 1. The summed E-state index contributed by atoms with van der Waals surface area (Å²) in [5.74, 6) is 0.747. The zero-order chi connectivity index (χ0) is 17.4. The molecule has 0 spiro atoms. The molecule has 0 bridgehead atoms. The molecule has 1 saturated carbocycles. The van der Waals surface area contributed by atoms with Crippen LogP contribution in [0.5, 0.6) is 0 Å². The molecular weight excluding hydrogens is 314 g/mol. The van der Waals surface area contributed by atoms with Crippen LogP contribution in [-0.4, -0.2) is 60.9 Å². The highest BCUT2D eigenvalue weighted by Gasteiger charge is 2.36. The van der Waals surface area contributed by atoms with Gasteiger partial charge < -0.3 is 9.80 Å². The zero-order valence-electron chi connectivity index (χ0n) is 15.0. The molecule has 2 amide bonds. The van der Waals surface area contributed by atoms with E-state index < -0.39 is 0 Å². The molecule has 0 aromatic heterocycles. The molecule has 3 aliphatic rings. The molecule has 5 nitrogen and oxygen atoms in total. The van der Waals surface area contributed by atoms with Crippen LogP contribution < -0.4 is 4.90 Å². The van der Waals surface area contributed by atoms with E-state index >= 15 is 0 Å². The van der Waals surface area contributed by atoms with E-state index in [1.807, 2.05) is 35.0 Å². The fraction of sp³-hybridized carbons (Fsp3) is 0.600. The van der Waals surface area contributed by atoms with Crippen LogP contribution in [0, 0.1) is 5.92 Å². The zero-order valence-corrected chi connectivity index (χ0v) is 15.0. The Kier molecular flexibility index (Phi) is 4.50. The lowest BCUT2D eigenvalue weighted by atomic mass is 10.0. The number of rotatable bonds is 4. The van der Waals surface area contributed by atoms with Gasteiger partial charge in [0.05, 0.1) is 6.54 Å². The lowest BCUT2D eigenvalue weighted by Gasteiger charge is -2.38. The molecule has 2 fully saturated rings. The average Bonchev–Trinajstić information content (AvgIpc) is 3.39. The maximum atomic E-state index is 12.8. The number of para-hydroxylation sites is 1. The fourth-order valence-electron chi connectivity index (χ4n) is 4.16. The molecular formula is C20H27N3O2. The van der Waals surface area contributed by atoms with E-state index in [9.17, 15) is 9.59 Å². The summed E-state index contributed by atoms with van der Waals surface area (Å²) in [6.45, 7) is 3.01. The number of amides is 2. The Balaban J connectivity index is 1.36. The summed E-state index contributed by atoms with van der Waals surface area (Å²) >= 11 is 0. The number of carbonyl (C=O) groups is 2. The van der Waals surface area contributed by atoms with Crippen molar-refractivity contribution in [1.29, 1.82) is 0 Å². The SMILES string of the molecule is CN(C(=O)C1CC1)C1CCCN(CC(=O)N2CCc3ccccc32)C1. The van der Waals surface area contributed by atoms with Gasteiger partial charge in [-0.2, -0.15) is 0 Å². The number of likely N-dealkylation sites (tertiary alicyclic amines) is 1. The quantitative estimate of drug-likeness (QED) is 0.840. The van der Waals surface area contributed by atoms with Gasteiger partial charge in [-0.15, -0.1) is 0 Å². The van der Waals surface area contributed by atoms with Gasteiger partial charge >= 0.3 is 0 Å². The summed E-state index contributed by atoms with van der Waals surface area (Å²) in [6.07, 6.45) is 5.14. The van der Waals surface area contributed by atoms with E-state index in [1.165, 1.54) is 5.56 Å². The number of carbonyl (C=O) groups excluding carboxylic acids is 2. The Hall–Kier alpha value is -1.88. The van der Waals surface area contributed by atoms with E-state index in [1.54, 1.807) is 0 Å². The van der Waals surface area contributed by atoms with Gasteiger partial charge in [-0.05, 0) is 50.3 Å². The smallest absolute Gasteiger partial charge is 0.241 e. The summed E-state index contributed by atoms with van der Waals surface area (Å²) in [7, 11) is 1.94. The van der Waals surface area contributed by atoms with E-state index in [0.29, 0.717) is 12.5 Å². The first-order valence-electron chi connectivity index (χ1n) is 9.51. The number of anilines is 1. The van der Waals surface area contributed by atoms with Crippen LogP contribution in [0.4, 0.5) is 5.69 Å². The first-order chi connectivity index (χ1) is 12.1. The Bertz CT molecular complexity index is 671. The highest BCUT2D eigenvalue weighted by molar-refractivity contribution is 5.96. The van der Waals surface area contributed by atoms with Gasteiger partial charge in [0.15, 0.2) is 0 Å². The third-order valence-electron chi connectivity index (χ3n) is 5.85. The maximum absolute atomic E-state index is 12.8. The van der Waals surface area contributed by atoms with Crippen molar-refractivity contribution in [3.63, 3.8) is 0 Å². The predicted molar refractivity (Wildman–Crippen MR) is 97.5 cm³/mol. The van der Waals surface area contributed by atoms with Gasteiger partial charge in [-0.25, -0.2) is 0 Å². The van der Waals surface area contributed by atoms with E-state index in [0.717, 1.165) is 57.4 Å². The first-order valence-corrected chi connectivity index (χ1v) is 9.51. The van der Waals surface area contributed by atoms with Crippen molar-refractivity contribution >= 4 is 17.5 Å². The minimum Gasteiger partial charge on any atom is -0.341 e. The second-order valence-corrected chi connectivity index (χ2v) is 7.68. The molecule has 1 unspecified atom stereocenters. The summed E-state index contributed by atoms with van der Waals surface area (Å²) in [4.78, 5) is 31.2. The molecule has 0 N–H and O–H groups in total. The van der Waals surface area contributed by atoms with Crippen molar-refractivity contribution in [3.05, 3.63) is 29.8 Å². The van der Waals surface area contributed by atoms with Crippen molar-refractivity contribution < 1.29 is 9.59 Å². The monoisotopic (exact) mass is 341 g/mol. The molecule has 5 heteroatoms. The molecule has 134 valence electrons. The lowest BCUT2D eigenvalue weighted by Crippen LogP contribution is -2.51. The minimum absolute atomic E-state index is 0.182. The van der Waals surface area contributed by atoms with Crippen molar-refractivity contribution in [3.8, 4) is 0 Å². The summed E-state index contributed by atoms with van der Waals surface area (Å²) in [5.41, 5.74) is 2.34. The lowest BCUT2D eigenvalue weighted by molar-refractivity contribution is -0.134. The van der Waals surface area contributed by atoms with Crippen molar-refractivity contribution in [2.75, 3.05) is 38.1 Å². The number of fused-ring (bicyclic) bond motifs is 1. The number of benzene rings is 1. The first kappa shape index (κ1) is 16.6. The van der Waals surface area contributed by atoms with Gasteiger partial charge in [0.1, 0.15) is 0 Å². The second-order valence-electron chi connectivity index (χ2n) is 7.68. The molecule has 25 heavy (non-hydrogen) atoms. The number of nitrogens with zero attached hydrogens (tertiary/aromatic N) is 3. The second kappa shape index (κ2) is 6.79. The molecule has 2 aliphatic heterocycles. The normalized spacial score (nSPS) is 23.4. The van der Waals surface area contributed by atoms with Gasteiger partial charge in [-0.3, -0.25) is 14.5 Å². The van der Waals surface area contributed by atoms with Crippen molar-refractivity contribution in [1.82, 2.24) is 9.80 Å².